The maximum Gasteiger partial charge on any atom is 0.254 e. The van der Waals surface area contributed by atoms with Crippen LogP contribution in [0.3, 0.4) is 0 Å². The molecule has 132 valence electrons. The second-order valence-electron chi connectivity index (χ2n) is 6.05. The van der Waals surface area contributed by atoms with Crippen molar-refractivity contribution in [2.75, 3.05) is 31.1 Å². The van der Waals surface area contributed by atoms with Crippen molar-refractivity contribution in [1.82, 2.24) is 9.88 Å². The number of hydrogen-bond acceptors (Lipinski definition) is 5. The normalized spacial score (nSPS) is 15.3. The number of carbonyl (C=O) groups excluding carboxylic acids is 1. The Morgan fingerprint density at radius 1 is 1.12 bits per heavy atom. The third kappa shape index (κ3) is 3.97. The summed E-state index contributed by atoms with van der Waals surface area (Å²) in [5.41, 5.74) is 1.03. The SMILES string of the molecule is Cc1cc(C(=O)N2CCN(c3ccccn3)CC2)cc(S(N)(=O)=O)c1. The summed E-state index contributed by atoms with van der Waals surface area (Å²) in [6.07, 6.45) is 1.74. The molecule has 25 heavy (non-hydrogen) atoms. The number of rotatable bonds is 3. The maximum atomic E-state index is 12.7. The summed E-state index contributed by atoms with van der Waals surface area (Å²) in [4.78, 5) is 20.9. The molecule has 1 aliphatic rings. The predicted octanol–water partition coefficient (Wildman–Crippen LogP) is 1.000. The van der Waals surface area contributed by atoms with Gasteiger partial charge in [-0.2, -0.15) is 0 Å². The molecule has 1 fully saturated rings. The first kappa shape index (κ1) is 17.4. The molecule has 0 aliphatic carbocycles. The number of hydrogen-bond donors (Lipinski definition) is 1. The Morgan fingerprint density at radius 2 is 1.84 bits per heavy atom. The molecule has 0 saturated carbocycles. The quantitative estimate of drug-likeness (QED) is 0.881. The van der Waals surface area contributed by atoms with Crippen LogP contribution in [0, 0.1) is 6.92 Å². The zero-order chi connectivity index (χ0) is 18.0. The molecular weight excluding hydrogens is 340 g/mol. The maximum absolute atomic E-state index is 12.7. The van der Waals surface area contributed by atoms with Crippen LogP contribution in [0.25, 0.3) is 0 Å². The Hall–Kier alpha value is -2.45. The Morgan fingerprint density at radius 3 is 2.44 bits per heavy atom. The van der Waals surface area contributed by atoms with E-state index in [-0.39, 0.29) is 10.8 Å². The van der Waals surface area contributed by atoms with Gasteiger partial charge in [-0.15, -0.1) is 0 Å². The van der Waals surface area contributed by atoms with Gasteiger partial charge in [-0.05, 0) is 42.8 Å². The van der Waals surface area contributed by atoms with Crippen LogP contribution in [0.15, 0.2) is 47.5 Å². The van der Waals surface area contributed by atoms with Crippen molar-refractivity contribution in [2.45, 2.75) is 11.8 Å². The number of nitrogens with two attached hydrogens (primary N) is 1. The second kappa shape index (κ2) is 6.81. The van der Waals surface area contributed by atoms with Crippen LogP contribution in [0.1, 0.15) is 15.9 Å². The van der Waals surface area contributed by atoms with Gasteiger partial charge in [0.25, 0.3) is 5.91 Å². The van der Waals surface area contributed by atoms with Gasteiger partial charge in [0.1, 0.15) is 5.82 Å². The molecule has 1 aliphatic heterocycles. The lowest BCUT2D eigenvalue weighted by Crippen LogP contribution is -2.49. The zero-order valence-electron chi connectivity index (χ0n) is 13.9. The lowest BCUT2D eigenvalue weighted by Gasteiger charge is -2.35. The number of pyridine rings is 1. The molecule has 2 heterocycles. The van der Waals surface area contributed by atoms with Gasteiger partial charge in [0.2, 0.25) is 10.0 Å². The van der Waals surface area contributed by atoms with Crippen molar-refractivity contribution >= 4 is 21.7 Å². The first-order chi connectivity index (χ1) is 11.8. The van der Waals surface area contributed by atoms with Gasteiger partial charge < -0.3 is 9.80 Å². The average molecular weight is 360 g/mol. The Labute approximate surface area is 147 Å². The Kier molecular flexibility index (Phi) is 4.73. The van der Waals surface area contributed by atoms with Gasteiger partial charge in [0.05, 0.1) is 4.90 Å². The van der Waals surface area contributed by atoms with Crippen LogP contribution < -0.4 is 10.0 Å². The fourth-order valence-corrected chi connectivity index (χ4v) is 3.54. The molecule has 1 aromatic heterocycles. The van der Waals surface area contributed by atoms with E-state index in [1.165, 1.54) is 12.1 Å². The molecule has 2 aromatic rings. The molecule has 2 N–H and O–H groups in total. The highest BCUT2D eigenvalue weighted by Crippen LogP contribution is 2.18. The van der Waals surface area contributed by atoms with Crippen LogP contribution >= 0.6 is 0 Å². The number of aromatic nitrogens is 1. The summed E-state index contributed by atoms with van der Waals surface area (Å²) in [5.74, 6) is 0.705. The summed E-state index contributed by atoms with van der Waals surface area (Å²) in [6.45, 7) is 4.19. The third-order valence-electron chi connectivity index (χ3n) is 4.17. The molecular formula is C17H20N4O3S. The number of benzene rings is 1. The van der Waals surface area contributed by atoms with Gasteiger partial charge in [-0.3, -0.25) is 4.79 Å². The van der Waals surface area contributed by atoms with Crippen LogP contribution in [0.2, 0.25) is 0 Å². The molecule has 1 saturated heterocycles. The van der Waals surface area contributed by atoms with E-state index in [4.69, 9.17) is 5.14 Å². The van der Waals surface area contributed by atoms with Crippen molar-refractivity contribution in [1.29, 1.82) is 0 Å². The molecule has 1 aromatic carbocycles. The molecule has 8 heteroatoms. The van der Waals surface area contributed by atoms with E-state index in [2.05, 4.69) is 9.88 Å². The molecule has 3 rings (SSSR count). The highest BCUT2D eigenvalue weighted by atomic mass is 32.2. The highest BCUT2D eigenvalue weighted by Gasteiger charge is 2.24. The number of amides is 1. The van der Waals surface area contributed by atoms with E-state index in [0.29, 0.717) is 37.3 Å². The molecule has 0 atom stereocenters. The summed E-state index contributed by atoms with van der Waals surface area (Å²) in [7, 11) is -3.84. The van der Waals surface area contributed by atoms with Crippen molar-refractivity contribution in [2.24, 2.45) is 5.14 Å². The first-order valence-electron chi connectivity index (χ1n) is 7.94. The molecule has 0 unspecified atom stereocenters. The summed E-state index contributed by atoms with van der Waals surface area (Å²) in [5, 5.41) is 5.19. The van der Waals surface area contributed by atoms with E-state index in [9.17, 15) is 13.2 Å². The number of primary sulfonamides is 1. The second-order valence-corrected chi connectivity index (χ2v) is 7.61. The number of aryl methyl sites for hydroxylation is 1. The van der Waals surface area contributed by atoms with Crippen molar-refractivity contribution in [3.63, 3.8) is 0 Å². The zero-order valence-corrected chi connectivity index (χ0v) is 14.7. The van der Waals surface area contributed by atoms with Crippen LogP contribution in [0.5, 0.6) is 0 Å². The fourth-order valence-electron chi connectivity index (χ4n) is 2.90. The van der Waals surface area contributed by atoms with Gasteiger partial charge in [-0.1, -0.05) is 6.07 Å². The number of carbonyl (C=O) groups is 1. The van der Waals surface area contributed by atoms with E-state index < -0.39 is 10.0 Å². The lowest BCUT2D eigenvalue weighted by atomic mass is 10.1. The number of anilines is 1. The number of piperazine rings is 1. The van der Waals surface area contributed by atoms with Gasteiger partial charge in [0, 0.05) is 37.9 Å². The van der Waals surface area contributed by atoms with E-state index in [1.807, 2.05) is 18.2 Å². The minimum Gasteiger partial charge on any atom is -0.353 e. The topological polar surface area (TPSA) is 96.6 Å². The third-order valence-corrected chi connectivity index (χ3v) is 5.06. The van der Waals surface area contributed by atoms with Crippen molar-refractivity contribution < 1.29 is 13.2 Å². The summed E-state index contributed by atoms with van der Waals surface area (Å²) >= 11 is 0. The van der Waals surface area contributed by atoms with Gasteiger partial charge in [-0.25, -0.2) is 18.5 Å². The lowest BCUT2D eigenvalue weighted by molar-refractivity contribution is 0.0746. The number of nitrogens with zero attached hydrogens (tertiary/aromatic N) is 3. The monoisotopic (exact) mass is 360 g/mol. The van der Waals surface area contributed by atoms with Crippen LogP contribution in [-0.4, -0.2) is 50.4 Å². The van der Waals surface area contributed by atoms with Crippen molar-refractivity contribution in [3.8, 4) is 0 Å². The first-order valence-corrected chi connectivity index (χ1v) is 9.49. The predicted molar refractivity (Wildman–Crippen MR) is 94.9 cm³/mol. The van der Waals surface area contributed by atoms with Gasteiger partial charge in [0.15, 0.2) is 0 Å². The summed E-state index contributed by atoms with van der Waals surface area (Å²) in [6, 6.07) is 10.2. The van der Waals surface area contributed by atoms with E-state index >= 15 is 0 Å². The van der Waals surface area contributed by atoms with Gasteiger partial charge >= 0.3 is 0 Å². The fraction of sp³-hybridized carbons (Fsp3) is 0.294. The smallest absolute Gasteiger partial charge is 0.254 e. The van der Waals surface area contributed by atoms with E-state index in [1.54, 1.807) is 24.1 Å². The largest absolute Gasteiger partial charge is 0.353 e. The molecule has 0 spiro atoms. The average Bonchev–Trinajstić information content (AvgIpc) is 2.61. The standard InChI is InChI=1S/C17H20N4O3S/c1-13-10-14(12-15(11-13)25(18,23)24)17(22)21-8-6-20(7-9-21)16-4-2-3-5-19-16/h2-5,10-12H,6-9H2,1H3,(H2,18,23,24). The minimum atomic E-state index is -3.84. The minimum absolute atomic E-state index is 0.0389. The Balaban J connectivity index is 1.74. The summed E-state index contributed by atoms with van der Waals surface area (Å²) < 4.78 is 23.2. The Bertz CT molecular complexity index is 876. The highest BCUT2D eigenvalue weighted by molar-refractivity contribution is 7.89. The van der Waals surface area contributed by atoms with Crippen LogP contribution in [0.4, 0.5) is 5.82 Å². The molecule has 0 radical (unpaired) electrons. The van der Waals surface area contributed by atoms with Crippen molar-refractivity contribution in [3.05, 3.63) is 53.7 Å². The molecule has 7 nitrogen and oxygen atoms in total. The molecule has 1 amide bonds. The molecule has 0 bridgehead atoms. The van der Waals surface area contributed by atoms with Crippen LogP contribution in [-0.2, 0) is 10.0 Å². The van der Waals surface area contributed by atoms with E-state index in [0.717, 1.165) is 5.82 Å². The number of sulfonamides is 1.